The van der Waals surface area contributed by atoms with Crippen LogP contribution in [0.25, 0.3) is 0 Å². The van der Waals surface area contributed by atoms with Gasteiger partial charge < -0.3 is 14.2 Å². The minimum atomic E-state index is -0.287. The topological polar surface area (TPSA) is 60.2 Å². The maximum atomic E-state index is 13.0. The second-order valence-electron chi connectivity index (χ2n) is 8.13. The Morgan fingerprint density at radius 1 is 1.10 bits per heavy atom. The molecule has 1 amide bonds. The van der Waals surface area contributed by atoms with Crippen molar-refractivity contribution in [3.63, 3.8) is 0 Å². The van der Waals surface area contributed by atoms with Crippen LogP contribution in [0, 0.1) is 0 Å². The summed E-state index contributed by atoms with van der Waals surface area (Å²) in [4.78, 5) is 14.9. The molecule has 0 aliphatic heterocycles. The highest BCUT2D eigenvalue weighted by atomic mass is 35.5. The monoisotopic (exact) mass is 458 g/mol. The number of nitrogens with zero attached hydrogens (tertiary/aromatic N) is 4. The first-order valence-corrected chi connectivity index (χ1v) is 11.3. The van der Waals surface area contributed by atoms with Gasteiger partial charge in [-0.25, -0.2) is 0 Å². The number of rotatable bonds is 8. The molecule has 0 aliphatic carbocycles. The maximum Gasteiger partial charge on any atom is 0.233 e. The average Bonchev–Trinajstić information content (AvgIpc) is 3.09. The highest BCUT2D eigenvalue weighted by molar-refractivity contribution is 7.99. The van der Waals surface area contributed by atoms with Gasteiger partial charge in [0.15, 0.2) is 11.0 Å². The van der Waals surface area contributed by atoms with Crippen molar-refractivity contribution in [2.45, 2.75) is 44.6 Å². The molecule has 31 heavy (non-hydrogen) atoms. The highest BCUT2D eigenvalue weighted by Crippen LogP contribution is 2.23. The van der Waals surface area contributed by atoms with Gasteiger partial charge in [-0.3, -0.25) is 4.79 Å². The number of aromatic nitrogens is 3. The second-order valence-corrected chi connectivity index (χ2v) is 9.50. The van der Waals surface area contributed by atoms with Gasteiger partial charge in [-0.05, 0) is 50.6 Å². The van der Waals surface area contributed by atoms with Gasteiger partial charge in [0, 0.05) is 24.2 Å². The van der Waals surface area contributed by atoms with Crippen LogP contribution < -0.4 is 4.74 Å². The van der Waals surface area contributed by atoms with Gasteiger partial charge in [0.05, 0.1) is 5.75 Å². The van der Waals surface area contributed by atoms with E-state index in [2.05, 4.69) is 10.2 Å². The molecule has 0 saturated heterocycles. The average molecular weight is 459 g/mol. The molecule has 0 radical (unpaired) electrons. The summed E-state index contributed by atoms with van der Waals surface area (Å²) in [6, 6.07) is 17.2. The molecule has 2 aromatic carbocycles. The zero-order valence-corrected chi connectivity index (χ0v) is 19.8. The van der Waals surface area contributed by atoms with Gasteiger partial charge in [-0.15, -0.1) is 10.2 Å². The van der Waals surface area contributed by atoms with Gasteiger partial charge in [0.25, 0.3) is 0 Å². The lowest BCUT2D eigenvalue weighted by atomic mass is 10.0. The first-order chi connectivity index (χ1) is 14.7. The predicted molar refractivity (Wildman–Crippen MR) is 124 cm³/mol. The van der Waals surface area contributed by atoms with Crippen molar-refractivity contribution in [1.82, 2.24) is 19.7 Å². The molecule has 0 N–H and O–H groups in total. The lowest BCUT2D eigenvalue weighted by molar-refractivity contribution is -0.133. The van der Waals surface area contributed by atoms with Gasteiger partial charge in [-0.2, -0.15) is 0 Å². The normalized spacial score (nSPS) is 11.4. The number of halogens is 1. The number of amides is 1. The molecule has 6 nitrogen and oxygen atoms in total. The third-order valence-electron chi connectivity index (χ3n) is 4.73. The summed E-state index contributed by atoms with van der Waals surface area (Å²) < 4.78 is 7.60. The molecule has 0 fully saturated rings. The fraction of sp³-hybridized carbons (Fsp3) is 0.348. The standard InChI is InChI=1S/C23H27ClN4O2S/c1-23(2,3)28(14-17-8-6-5-7-9-17)21(29)16-31-22-26-25-20(27(22)4)15-30-19-12-10-18(24)11-13-19/h5-13H,14-16H2,1-4H3. The van der Waals surface area contributed by atoms with E-state index in [1.54, 1.807) is 24.3 Å². The molecular weight excluding hydrogens is 432 g/mol. The zero-order valence-electron chi connectivity index (χ0n) is 18.2. The molecule has 1 aromatic heterocycles. The van der Waals surface area contributed by atoms with Crippen LogP contribution in [0.2, 0.25) is 5.02 Å². The number of carbonyl (C=O) groups excluding carboxylic acids is 1. The Kier molecular flexibility index (Phi) is 7.62. The Bertz CT molecular complexity index is 1000. The molecule has 0 saturated carbocycles. The number of hydrogen-bond acceptors (Lipinski definition) is 5. The van der Waals surface area contributed by atoms with Crippen LogP contribution >= 0.6 is 23.4 Å². The Balaban J connectivity index is 1.60. The summed E-state index contributed by atoms with van der Waals surface area (Å²) in [5.74, 6) is 1.73. The molecule has 3 aromatic rings. The SMILES string of the molecule is Cn1c(COc2ccc(Cl)cc2)nnc1SCC(=O)N(Cc1ccccc1)C(C)(C)C. The van der Waals surface area contributed by atoms with Gasteiger partial charge in [-0.1, -0.05) is 53.7 Å². The minimum absolute atomic E-state index is 0.0586. The van der Waals surface area contributed by atoms with Crippen molar-refractivity contribution in [1.29, 1.82) is 0 Å². The minimum Gasteiger partial charge on any atom is -0.486 e. The van der Waals surface area contributed by atoms with E-state index in [0.29, 0.717) is 28.3 Å². The fourth-order valence-electron chi connectivity index (χ4n) is 2.94. The Labute approximate surface area is 192 Å². The lowest BCUT2D eigenvalue weighted by Crippen LogP contribution is -2.45. The van der Waals surface area contributed by atoms with Crippen molar-refractivity contribution < 1.29 is 9.53 Å². The Morgan fingerprint density at radius 3 is 2.42 bits per heavy atom. The van der Waals surface area contributed by atoms with E-state index < -0.39 is 0 Å². The largest absolute Gasteiger partial charge is 0.486 e. The van der Waals surface area contributed by atoms with Crippen molar-refractivity contribution in [3.05, 3.63) is 71.0 Å². The molecule has 0 atom stereocenters. The Hall–Kier alpha value is -2.51. The summed E-state index contributed by atoms with van der Waals surface area (Å²) in [5, 5.41) is 9.76. The summed E-state index contributed by atoms with van der Waals surface area (Å²) in [6.07, 6.45) is 0. The van der Waals surface area contributed by atoms with Crippen LogP contribution in [-0.4, -0.2) is 36.9 Å². The predicted octanol–water partition coefficient (Wildman–Crippen LogP) is 4.97. The van der Waals surface area contributed by atoms with E-state index in [4.69, 9.17) is 16.3 Å². The molecular formula is C23H27ClN4O2S. The van der Waals surface area contributed by atoms with Crippen molar-refractivity contribution in [3.8, 4) is 5.75 Å². The van der Waals surface area contributed by atoms with Crippen molar-refractivity contribution >= 4 is 29.3 Å². The molecule has 0 aliphatic rings. The second kappa shape index (κ2) is 10.2. The summed E-state index contributed by atoms with van der Waals surface area (Å²) in [5.41, 5.74) is 0.821. The van der Waals surface area contributed by atoms with E-state index >= 15 is 0 Å². The quantitative estimate of drug-likeness (QED) is 0.446. The number of benzene rings is 2. The summed E-state index contributed by atoms with van der Waals surface area (Å²) >= 11 is 7.28. The highest BCUT2D eigenvalue weighted by Gasteiger charge is 2.27. The number of thioether (sulfide) groups is 1. The molecule has 0 unspecified atom stereocenters. The van der Waals surface area contributed by atoms with E-state index in [1.807, 2.05) is 67.6 Å². The lowest BCUT2D eigenvalue weighted by Gasteiger charge is -2.36. The van der Waals surface area contributed by atoms with Crippen LogP contribution in [0.15, 0.2) is 59.8 Å². The summed E-state index contributed by atoms with van der Waals surface area (Å²) in [6.45, 7) is 7.00. The number of hydrogen-bond donors (Lipinski definition) is 0. The van der Waals surface area contributed by atoms with Gasteiger partial charge in [0.2, 0.25) is 5.91 Å². The molecule has 8 heteroatoms. The molecule has 3 rings (SSSR count). The molecule has 164 valence electrons. The molecule has 0 spiro atoms. The third kappa shape index (κ3) is 6.48. The van der Waals surface area contributed by atoms with E-state index in [9.17, 15) is 4.79 Å². The van der Waals surface area contributed by atoms with Crippen LogP contribution in [0.5, 0.6) is 5.75 Å². The number of ether oxygens (including phenoxy) is 1. The van der Waals surface area contributed by atoms with Crippen LogP contribution in [0.1, 0.15) is 32.2 Å². The Morgan fingerprint density at radius 2 is 1.77 bits per heavy atom. The van der Waals surface area contributed by atoms with Gasteiger partial charge >= 0.3 is 0 Å². The maximum absolute atomic E-state index is 13.0. The van der Waals surface area contributed by atoms with E-state index in [0.717, 1.165) is 5.56 Å². The van der Waals surface area contributed by atoms with Crippen molar-refractivity contribution in [2.75, 3.05) is 5.75 Å². The first kappa shape index (κ1) is 23.2. The van der Waals surface area contributed by atoms with Crippen molar-refractivity contribution in [2.24, 2.45) is 7.05 Å². The van der Waals surface area contributed by atoms with Crippen LogP contribution in [-0.2, 0) is 25.0 Å². The molecule has 0 bridgehead atoms. The zero-order chi connectivity index (χ0) is 22.4. The van der Waals surface area contributed by atoms with Crippen LogP contribution in [0.3, 0.4) is 0 Å². The fourth-order valence-corrected chi connectivity index (χ4v) is 3.88. The van der Waals surface area contributed by atoms with Gasteiger partial charge in [0.1, 0.15) is 12.4 Å². The number of carbonyl (C=O) groups is 1. The van der Waals surface area contributed by atoms with E-state index in [-0.39, 0.29) is 23.8 Å². The van der Waals surface area contributed by atoms with E-state index in [1.165, 1.54) is 11.8 Å². The third-order valence-corrected chi connectivity index (χ3v) is 5.98. The first-order valence-electron chi connectivity index (χ1n) is 9.98. The molecule has 1 heterocycles. The van der Waals surface area contributed by atoms with Crippen LogP contribution in [0.4, 0.5) is 0 Å². The smallest absolute Gasteiger partial charge is 0.233 e. The summed E-state index contributed by atoms with van der Waals surface area (Å²) in [7, 11) is 1.87.